The van der Waals surface area contributed by atoms with E-state index in [0.29, 0.717) is 28.9 Å². The molecule has 2 heterocycles. The lowest BCUT2D eigenvalue weighted by Gasteiger charge is -2.29. The van der Waals surface area contributed by atoms with Crippen molar-refractivity contribution in [3.63, 3.8) is 0 Å². The number of benzene rings is 2. The third-order valence-electron chi connectivity index (χ3n) is 4.68. The first-order valence-corrected chi connectivity index (χ1v) is 10.6. The molecule has 0 unspecified atom stereocenters. The SMILES string of the molecule is CS(=O)(=O)N1CCCc2ccc(NC(=O)c3cc(=O)c4ccccc4o3)cc21. The molecule has 1 amide bonds. The molecule has 0 radical (unpaired) electrons. The normalized spacial score (nSPS) is 14.0. The molecule has 1 aliphatic heterocycles. The maximum atomic E-state index is 12.6. The van der Waals surface area contributed by atoms with Gasteiger partial charge in [-0.05, 0) is 42.7 Å². The van der Waals surface area contributed by atoms with E-state index in [2.05, 4.69) is 5.32 Å². The van der Waals surface area contributed by atoms with E-state index in [-0.39, 0.29) is 11.2 Å². The number of anilines is 2. The molecular weight excluding hydrogens is 380 g/mol. The van der Waals surface area contributed by atoms with Crippen molar-refractivity contribution in [1.82, 2.24) is 0 Å². The highest BCUT2D eigenvalue weighted by molar-refractivity contribution is 7.92. The van der Waals surface area contributed by atoms with Gasteiger partial charge < -0.3 is 9.73 Å². The topological polar surface area (TPSA) is 96.7 Å². The van der Waals surface area contributed by atoms with Crippen LogP contribution >= 0.6 is 0 Å². The van der Waals surface area contributed by atoms with E-state index in [9.17, 15) is 18.0 Å². The predicted molar refractivity (Wildman–Crippen MR) is 107 cm³/mol. The fourth-order valence-corrected chi connectivity index (χ4v) is 4.36. The minimum atomic E-state index is -3.41. The molecule has 0 saturated carbocycles. The average molecular weight is 398 g/mol. The van der Waals surface area contributed by atoms with Gasteiger partial charge in [-0.2, -0.15) is 0 Å². The number of nitrogens with zero attached hydrogens (tertiary/aromatic N) is 1. The van der Waals surface area contributed by atoms with E-state index in [1.807, 2.05) is 0 Å². The molecule has 0 spiro atoms. The molecule has 1 aromatic heterocycles. The molecule has 4 rings (SSSR count). The van der Waals surface area contributed by atoms with E-state index < -0.39 is 15.9 Å². The summed E-state index contributed by atoms with van der Waals surface area (Å²) >= 11 is 0. The average Bonchev–Trinajstić information content (AvgIpc) is 2.66. The second-order valence-electron chi connectivity index (χ2n) is 6.71. The Morgan fingerprint density at radius 2 is 1.93 bits per heavy atom. The standard InChI is InChI=1S/C20H18N2O5S/c1-28(25,26)22-10-4-5-13-8-9-14(11-16(13)22)21-20(24)19-12-17(23)15-6-2-3-7-18(15)27-19/h2-3,6-9,11-12H,4-5,10H2,1H3,(H,21,24). The lowest BCUT2D eigenvalue weighted by molar-refractivity contribution is 0.0997. The molecule has 1 aliphatic rings. The van der Waals surface area contributed by atoms with Gasteiger partial charge in [0.05, 0.1) is 17.3 Å². The Labute approximate surface area is 161 Å². The van der Waals surface area contributed by atoms with E-state index >= 15 is 0 Å². The summed E-state index contributed by atoms with van der Waals surface area (Å²) in [5.41, 5.74) is 1.92. The second-order valence-corrected chi connectivity index (χ2v) is 8.61. The lowest BCUT2D eigenvalue weighted by Crippen LogP contribution is -2.34. The van der Waals surface area contributed by atoms with Crippen LogP contribution in [0, 0.1) is 0 Å². The van der Waals surface area contributed by atoms with Crippen LogP contribution in [0.3, 0.4) is 0 Å². The molecule has 0 bridgehead atoms. The van der Waals surface area contributed by atoms with E-state index in [4.69, 9.17) is 4.42 Å². The van der Waals surface area contributed by atoms with Crippen LogP contribution in [0.5, 0.6) is 0 Å². The largest absolute Gasteiger partial charge is 0.451 e. The van der Waals surface area contributed by atoms with Crippen molar-refractivity contribution >= 4 is 38.3 Å². The summed E-state index contributed by atoms with van der Waals surface area (Å²) in [5, 5.41) is 3.08. The lowest BCUT2D eigenvalue weighted by atomic mass is 10.0. The number of hydrogen-bond acceptors (Lipinski definition) is 5. The first-order chi connectivity index (χ1) is 13.3. The molecule has 8 heteroatoms. The summed E-state index contributed by atoms with van der Waals surface area (Å²) in [5.74, 6) is -0.689. The third-order valence-corrected chi connectivity index (χ3v) is 5.86. The van der Waals surface area contributed by atoms with Crippen molar-refractivity contribution in [1.29, 1.82) is 0 Å². The number of carbonyl (C=O) groups is 1. The Bertz CT molecular complexity index is 1250. The third kappa shape index (κ3) is 3.38. The zero-order chi connectivity index (χ0) is 19.9. The molecule has 144 valence electrons. The summed E-state index contributed by atoms with van der Waals surface area (Å²) in [6.07, 6.45) is 2.68. The highest BCUT2D eigenvalue weighted by atomic mass is 32.2. The molecule has 7 nitrogen and oxygen atoms in total. The molecular formula is C20H18N2O5S. The van der Waals surface area contributed by atoms with Crippen molar-refractivity contribution in [2.24, 2.45) is 0 Å². The summed E-state index contributed by atoms with van der Waals surface area (Å²) in [6.45, 7) is 0.406. The molecule has 0 atom stereocenters. The van der Waals surface area contributed by atoms with Crippen LogP contribution in [0.4, 0.5) is 11.4 Å². The van der Waals surface area contributed by atoms with Gasteiger partial charge in [0.2, 0.25) is 10.0 Å². The van der Waals surface area contributed by atoms with Gasteiger partial charge in [-0.15, -0.1) is 0 Å². The Morgan fingerprint density at radius 3 is 2.71 bits per heavy atom. The number of carbonyl (C=O) groups excluding carboxylic acids is 1. The number of para-hydroxylation sites is 1. The smallest absolute Gasteiger partial charge is 0.291 e. The van der Waals surface area contributed by atoms with E-state index in [1.54, 1.807) is 42.5 Å². The first-order valence-electron chi connectivity index (χ1n) is 8.78. The van der Waals surface area contributed by atoms with Gasteiger partial charge in [-0.25, -0.2) is 8.42 Å². The van der Waals surface area contributed by atoms with Gasteiger partial charge in [0.1, 0.15) is 5.58 Å². The zero-order valence-electron chi connectivity index (χ0n) is 15.1. The fraction of sp³-hybridized carbons (Fsp3) is 0.200. The van der Waals surface area contributed by atoms with Crippen LogP contribution in [0.2, 0.25) is 0 Å². The predicted octanol–water partition coefficient (Wildman–Crippen LogP) is 2.76. The Hall–Kier alpha value is -3.13. The van der Waals surface area contributed by atoms with Crippen LogP contribution in [0.1, 0.15) is 22.5 Å². The fourth-order valence-electron chi connectivity index (χ4n) is 3.37. The number of amides is 1. The van der Waals surface area contributed by atoms with Crippen LogP contribution < -0.4 is 15.1 Å². The van der Waals surface area contributed by atoms with Gasteiger partial charge in [-0.3, -0.25) is 13.9 Å². The summed E-state index contributed by atoms with van der Waals surface area (Å²) in [6, 6.07) is 13.0. The van der Waals surface area contributed by atoms with Crippen molar-refractivity contribution in [3.8, 4) is 0 Å². The monoisotopic (exact) mass is 398 g/mol. The summed E-state index contributed by atoms with van der Waals surface area (Å²) in [4.78, 5) is 24.8. The molecule has 1 N–H and O–H groups in total. The number of hydrogen-bond donors (Lipinski definition) is 1. The van der Waals surface area contributed by atoms with Crippen molar-refractivity contribution in [2.75, 3.05) is 22.4 Å². The van der Waals surface area contributed by atoms with Crippen molar-refractivity contribution in [3.05, 3.63) is 70.1 Å². The highest BCUT2D eigenvalue weighted by Gasteiger charge is 2.24. The molecule has 2 aromatic carbocycles. The van der Waals surface area contributed by atoms with Gasteiger partial charge >= 0.3 is 0 Å². The highest BCUT2D eigenvalue weighted by Crippen LogP contribution is 2.31. The van der Waals surface area contributed by atoms with E-state index in [0.717, 1.165) is 30.7 Å². The van der Waals surface area contributed by atoms with Crippen LogP contribution in [0.15, 0.2) is 57.7 Å². The quantitative estimate of drug-likeness (QED) is 0.732. The van der Waals surface area contributed by atoms with Gasteiger partial charge in [-0.1, -0.05) is 18.2 Å². The Balaban J connectivity index is 1.67. The molecule has 0 saturated heterocycles. The summed E-state index contributed by atoms with van der Waals surface area (Å²) < 4.78 is 31.0. The maximum absolute atomic E-state index is 12.6. The number of rotatable bonds is 3. The van der Waals surface area contributed by atoms with E-state index in [1.165, 1.54) is 4.31 Å². The minimum absolute atomic E-state index is 0.110. The second kappa shape index (κ2) is 6.79. The maximum Gasteiger partial charge on any atom is 0.291 e. The minimum Gasteiger partial charge on any atom is -0.451 e. The number of fused-ring (bicyclic) bond motifs is 2. The zero-order valence-corrected chi connectivity index (χ0v) is 16.0. The van der Waals surface area contributed by atoms with Crippen LogP contribution in [-0.4, -0.2) is 27.1 Å². The number of sulfonamides is 1. The molecule has 0 aliphatic carbocycles. The molecule has 0 fully saturated rings. The van der Waals surface area contributed by atoms with Gasteiger partial charge in [0, 0.05) is 18.3 Å². The number of aryl methyl sites for hydroxylation is 1. The van der Waals surface area contributed by atoms with Crippen LogP contribution in [-0.2, 0) is 16.4 Å². The van der Waals surface area contributed by atoms with Gasteiger partial charge in [0.15, 0.2) is 11.2 Å². The van der Waals surface area contributed by atoms with Crippen molar-refractivity contribution in [2.45, 2.75) is 12.8 Å². The first kappa shape index (κ1) is 18.2. The molecule has 28 heavy (non-hydrogen) atoms. The van der Waals surface area contributed by atoms with Crippen molar-refractivity contribution < 1.29 is 17.6 Å². The van der Waals surface area contributed by atoms with Gasteiger partial charge in [0.25, 0.3) is 5.91 Å². The van der Waals surface area contributed by atoms with Crippen LogP contribution in [0.25, 0.3) is 11.0 Å². The Morgan fingerprint density at radius 1 is 1.14 bits per heavy atom. The Kier molecular flexibility index (Phi) is 4.43. The molecule has 3 aromatic rings. The summed E-state index contributed by atoms with van der Waals surface area (Å²) in [7, 11) is -3.41. The number of nitrogens with one attached hydrogen (secondary N) is 1.